The highest BCUT2D eigenvalue weighted by molar-refractivity contribution is 5.98. The monoisotopic (exact) mass is 256 g/mol. The second-order valence-electron chi connectivity index (χ2n) is 4.45. The largest absolute Gasteiger partial charge is 0.457 e. The topological polar surface area (TPSA) is 66.8 Å². The van der Waals surface area contributed by atoms with Crippen molar-refractivity contribution in [3.05, 3.63) is 59.2 Å². The molecule has 0 saturated carbocycles. The summed E-state index contributed by atoms with van der Waals surface area (Å²) in [6.45, 7) is 0. The van der Waals surface area contributed by atoms with Crippen molar-refractivity contribution in [2.75, 3.05) is 0 Å². The summed E-state index contributed by atoms with van der Waals surface area (Å²) < 4.78 is 5.74. The van der Waals surface area contributed by atoms with Gasteiger partial charge in [-0.3, -0.25) is 4.79 Å². The van der Waals surface area contributed by atoms with Crippen LogP contribution in [0.5, 0.6) is 11.5 Å². The molecule has 2 aromatic rings. The van der Waals surface area contributed by atoms with E-state index in [2.05, 4.69) is 0 Å². The van der Waals surface area contributed by atoms with Crippen LogP contribution in [-0.2, 0) is 6.42 Å². The van der Waals surface area contributed by atoms with Gasteiger partial charge in [-0.15, -0.1) is 0 Å². The van der Waals surface area contributed by atoms with Crippen molar-refractivity contribution in [2.45, 2.75) is 12.7 Å². The summed E-state index contributed by atoms with van der Waals surface area (Å²) in [6.07, 6.45) is -1.32. The molecule has 19 heavy (non-hydrogen) atoms. The van der Waals surface area contributed by atoms with Gasteiger partial charge in [0.2, 0.25) is 12.1 Å². The number of ketones is 1. The van der Waals surface area contributed by atoms with Crippen molar-refractivity contribution in [1.82, 2.24) is 0 Å². The first-order valence-electron chi connectivity index (χ1n) is 5.94. The smallest absolute Gasteiger partial charge is 0.218 e. The molecule has 2 aromatic carbocycles. The Kier molecular flexibility index (Phi) is 2.81. The lowest BCUT2D eigenvalue weighted by molar-refractivity contribution is -0.0195. The van der Waals surface area contributed by atoms with E-state index in [1.165, 1.54) is 6.07 Å². The SMILES string of the molecule is O=C(c1ccc2c(c1)Cc1ccccc1O2)C(O)O. The van der Waals surface area contributed by atoms with Crippen LogP contribution in [0.1, 0.15) is 21.5 Å². The Morgan fingerprint density at radius 1 is 1.05 bits per heavy atom. The Bertz CT molecular complexity index is 646. The van der Waals surface area contributed by atoms with Gasteiger partial charge in [0.25, 0.3) is 0 Å². The molecule has 0 aromatic heterocycles. The van der Waals surface area contributed by atoms with E-state index >= 15 is 0 Å². The Morgan fingerprint density at radius 2 is 1.79 bits per heavy atom. The predicted octanol–water partition coefficient (Wildman–Crippen LogP) is 1.88. The number of rotatable bonds is 2. The van der Waals surface area contributed by atoms with E-state index in [9.17, 15) is 4.79 Å². The standard InChI is InChI=1S/C15H12O4/c16-14(15(17)18)10-5-6-13-11(8-10)7-9-3-1-2-4-12(9)19-13/h1-6,8,15,17-18H,7H2. The number of fused-ring (bicyclic) bond motifs is 2. The molecule has 2 N–H and O–H groups in total. The zero-order valence-electron chi connectivity index (χ0n) is 10.0. The van der Waals surface area contributed by atoms with Gasteiger partial charge in [-0.2, -0.15) is 0 Å². The number of aliphatic hydroxyl groups excluding tert-OH is 1. The Labute approximate surface area is 109 Å². The summed E-state index contributed by atoms with van der Waals surface area (Å²) >= 11 is 0. The minimum Gasteiger partial charge on any atom is -0.457 e. The van der Waals surface area contributed by atoms with E-state index in [4.69, 9.17) is 14.9 Å². The van der Waals surface area contributed by atoms with Crippen LogP contribution in [0.3, 0.4) is 0 Å². The first kappa shape index (κ1) is 11.9. The molecule has 4 heteroatoms. The number of Topliss-reactive ketones (excluding diaryl/α,β-unsaturated/α-hetero) is 1. The molecule has 1 aliphatic heterocycles. The number of benzene rings is 2. The van der Waals surface area contributed by atoms with Gasteiger partial charge in [-0.25, -0.2) is 0 Å². The van der Waals surface area contributed by atoms with Crippen LogP contribution < -0.4 is 4.74 Å². The van der Waals surface area contributed by atoms with E-state index in [1.807, 2.05) is 24.3 Å². The number of hydrogen-bond donors (Lipinski definition) is 2. The highest BCUT2D eigenvalue weighted by Gasteiger charge is 2.20. The summed E-state index contributed by atoms with van der Waals surface area (Å²) in [7, 11) is 0. The zero-order chi connectivity index (χ0) is 13.4. The van der Waals surface area contributed by atoms with Gasteiger partial charge in [0, 0.05) is 17.5 Å². The van der Waals surface area contributed by atoms with Crippen LogP contribution >= 0.6 is 0 Å². The quantitative estimate of drug-likeness (QED) is 0.542. The third kappa shape index (κ3) is 2.12. The highest BCUT2D eigenvalue weighted by Crippen LogP contribution is 2.36. The van der Waals surface area contributed by atoms with Gasteiger partial charge in [-0.05, 0) is 29.8 Å². The lowest BCUT2D eigenvalue weighted by Gasteiger charge is -2.20. The average molecular weight is 256 g/mol. The molecule has 0 bridgehead atoms. The average Bonchev–Trinajstić information content (AvgIpc) is 2.43. The van der Waals surface area contributed by atoms with Gasteiger partial charge in [0.1, 0.15) is 11.5 Å². The van der Waals surface area contributed by atoms with Gasteiger partial charge >= 0.3 is 0 Å². The third-order valence-electron chi connectivity index (χ3n) is 3.15. The summed E-state index contributed by atoms with van der Waals surface area (Å²) in [5.74, 6) is 0.806. The van der Waals surface area contributed by atoms with E-state index in [0.29, 0.717) is 12.2 Å². The molecule has 96 valence electrons. The Balaban J connectivity index is 1.98. The fourth-order valence-electron chi connectivity index (χ4n) is 2.19. The van der Waals surface area contributed by atoms with Gasteiger partial charge in [0.15, 0.2) is 0 Å². The highest BCUT2D eigenvalue weighted by atomic mass is 16.5. The first-order valence-corrected chi connectivity index (χ1v) is 5.94. The second kappa shape index (κ2) is 4.50. The molecule has 4 nitrogen and oxygen atoms in total. The van der Waals surface area contributed by atoms with E-state index in [0.717, 1.165) is 16.9 Å². The molecule has 0 aliphatic carbocycles. The first-order chi connectivity index (χ1) is 9.15. The summed E-state index contributed by atoms with van der Waals surface area (Å²) in [4.78, 5) is 11.5. The zero-order valence-corrected chi connectivity index (χ0v) is 10.0. The van der Waals surface area contributed by atoms with Crippen LogP contribution in [0, 0.1) is 0 Å². The maximum Gasteiger partial charge on any atom is 0.218 e. The van der Waals surface area contributed by atoms with Gasteiger partial charge < -0.3 is 14.9 Å². The number of para-hydroxylation sites is 1. The summed E-state index contributed by atoms with van der Waals surface area (Å²) in [5, 5.41) is 17.8. The van der Waals surface area contributed by atoms with E-state index < -0.39 is 12.1 Å². The molecular formula is C15H12O4. The molecule has 1 heterocycles. The molecule has 1 aliphatic rings. The molecule has 3 rings (SSSR count). The molecule has 0 radical (unpaired) electrons. The lowest BCUT2D eigenvalue weighted by Crippen LogP contribution is -2.19. The van der Waals surface area contributed by atoms with Crippen molar-refractivity contribution in [3.63, 3.8) is 0 Å². The molecule has 0 saturated heterocycles. The number of carbonyl (C=O) groups is 1. The van der Waals surface area contributed by atoms with Gasteiger partial charge in [-0.1, -0.05) is 18.2 Å². The minimum absolute atomic E-state index is 0.275. The van der Waals surface area contributed by atoms with Crippen molar-refractivity contribution in [2.24, 2.45) is 0 Å². The van der Waals surface area contributed by atoms with E-state index in [-0.39, 0.29) is 5.56 Å². The number of carbonyl (C=O) groups excluding carboxylic acids is 1. The third-order valence-corrected chi connectivity index (χ3v) is 3.15. The van der Waals surface area contributed by atoms with Crippen LogP contribution in [0.15, 0.2) is 42.5 Å². The fourth-order valence-corrected chi connectivity index (χ4v) is 2.19. The Morgan fingerprint density at radius 3 is 2.58 bits per heavy atom. The van der Waals surface area contributed by atoms with Crippen LogP contribution in [-0.4, -0.2) is 22.3 Å². The second-order valence-corrected chi connectivity index (χ2v) is 4.45. The van der Waals surface area contributed by atoms with Crippen molar-refractivity contribution >= 4 is 5.78 Å². The molecule has 0 atom stereocenters. The predicted molar refractivity (Wildman–Crippen MR) is 68.3 cm³/mol. The molecular weight excluding hydrogens is 244 g/mol. The molecule has 0 amide bonds. The minimum atomic E-state index is -1.98. The van der Waals surface area contributed by atoms with Crippen molar-refractivity contribution in [1.29, 1.82) is 0 Å². The van der Waals surface area contributed by atoms with Crippen molar-refractivity contribution < 1.29 is 19.7 Å². The molecule has 0 fully saturated rings. The fraction of sp³-hybridized carbons (Fsp3) is 0.133. The maximum absolute atomic E-state index is 11.5. The van der Waals surface area contributed by atoms with Gasteiger partial charge in [0.05, 0.1) is 0 Å². The summed E-state index contributed by atoms with van der Waals surface area (Å²) in [5.41, 5.74) is 2.19. The van der Waals surface area contributed by atoms with Crippen LogP contribution in [0.25, 0.3) is 0 Å². The van der Waals surface area contributed by atoms with Crippen LogP contribution in [0.4, 0.5) is 0 Å². The number of hydrogen-bond acceptors (Lipinski definition) is 4. The van der Waals surface area contributed by atoms with Crippen LogP contribution in [0.2, 0.25) is 0 Å². The molecule has 0 spiro atoms. The van der Waals surface area contributed by atoms with Crippen molar-refractivity contribution in [3.8, 4) is 11.5 Å². The summed E-state index contributed by atoms with van der Waals surface area (Å²) in [6, 6.07) is 12.6. The normalized spacial score (nSPS) is 12.6. The Hall–Kier alpha value is -2.17. The number of ether oxygens (including phenoxy) is 1. The molecule has 0 unspecified atom stereocenters. The number of aliphatic hydroxyl groups is 2. The van der Waals surface area contributed by atoms with E-state index in [1.54, 1.807) is 12.1 Å². The lowest BCUT2D eigenvalue weighted by atomic mass is 9.97. The maximum atomic E-state index is 11.5.